The van der Waals surface area contributed by atoms with Crippen molar-refractivity contribution < 1.29 is 14.6 Å². The van der Waals surface area contributed by atoms with E-state index in [2.05, 4.69) is 15.9 Å². The van der Waals surface area contributed by atoms with E-state index in [9.17, 15) is 0 Å². The third-order valence-corrected chi connectivity index (χ3v) is 3.05. The molecule has 1 fully saturated rings. The molecule has 4 heteroatoms. The minimum absolute atomic E-state index is 0.00844. The predicted molar refractivity (Wildman–Crippen MR) is 59.8 cm³/mol. The third-order valence-electron chi connectivity index (χ3n) is 2.34. The molecule has 1 aliphatic heterocycles. The van der Waals surface area contributed by atoms with Crippen molar-refractivity contribution in [2.45, 2.75) is 10.6 Å². The van der Waals surface area contributed by atoms with Crippen LogP contribution in [0.25, 0.3) is 0 Å². The van der Waals surface area contributed by atoms with Crippen LogP contribution in [0.15, 0.2) is 30.3 Å². The first-order valence-corrected chi connectivity index (χ1v) is 5.61. The Hall–Kier alpha value is -0.420. The zero-order valence-corrected chi connectivity index (χ0v) is 9.81. The van der Waals surface area contributed by atoms with Gasteiger partial charge in [0.2, 0.25) is 0 Å². The van der Waals surface area contributed by atoms with Gasteiger partial charge < -0.3 is 14.6 Å². The summed E-state index contributed by atoms with van der Waals surface area (Å²) >= 11 is 3.39. The quantitative estimate of drug-likeness (QED) is 0.836. The molecule has 1 aliphatic rings. The lowest BCUT2D eigenvalue weighted by Crippen LogP contribution is -2.42. The fourth-order valence-electron chi connectivity index (χ4n) is 1.43. The van der Waals surface area contributed by atoms with Crippen molar-refractivity contribution >= 4 is 15.9 Å². The number of hydrogen-bond acceptors (Lipinski definition) is 3. The van der Waals surface area contributed by atoms with Gasteiger partial charge in [0.05, 0.1) is 24.1 Å². The Labute approximate surface area is 97.1 Å². The van der Waals surface area contributed by atoms with E-state index in [0.29, 0.717) is 13.2 Å². The number of halogens is 1. The number of hydrogen-bond donors (Lipinski definition) is 1. The van der Waals surface area contributed by atoms with Gasteiger partial charge >= 0.3 is 0 Å². The Morgan fingerprint density at radius 1 is 1.27 bits per heavy atom. The Balaban J connectivity index is 2.00. The minimum Gasteiger partial charge on any atom is -0.395 e. The van der Waals surface area contributed by atoms with Gasteiger partial charge in [-0.2, -0.15) is 0 Å². The fraction of sp³-hybridized carbons (Fsp3) is 0.455. The first-order chi connectivity index (χ1) is 7.23. The summed E-state index contributed by atoms with van der Waals surface area (Å²) in [5, 5.41) is 9.10. The molecular weight excluding hydrogens is 260 g/mol. The topological polar surface area (TPSA) is 38.7 Å². The van der Waals surface area contributed by atoms with Crippen molar-refractivity contribution in [3.05, 3.63) is 35.9 Å². The van der Waals surface area contributed by atoms with E-state index in [4.69, 9.17) is 14.6 Å². The van der Waals surface area contributed by atoms with Gasteiger partial charge in [0.1, 0.15) is 0 Å². The van der Waals surface area contributed by atoms with Crippen LogP contribution in [0.3, 0.4) is 0 Å². The average molecular weight is 273 g/mol. The lowest BCUT2D eigenvalue weighted by molar-refractivity contribution is -0.199. The molecule has 82 valence electrons. The lowest BCUT2D eigenvalue weighted by Gasteiger charge is -2.34. The summed E-state index contributed by atoms with van der Waals surface area (Å²) in [6.07, 6.45) is -0.316. The molecule has 0 bridgehead atoms. The molecule has 1 heterocycles. The smallest absolute Gasteiger partial charge is 0.183 e. The van der Waals surface area contributed by atoms with Gasteiger partial charge in [0.25, 0.3) is 0 Å². The van der Waals surface area contributed by atoms with E-state index in [-0.39, 0.29) is 12.9 Å². The van der Waals surface area contributed by atoms with Crippen molar-refractivity contribution in [2.75, 3.05) is 19.8 Å². The number of aliphatic hydroxyl groups excluding tert-OH is 1. The zero-order chi connectivity index (χ0) is 10.7. The molecule has 1 saturated heterocycles. The van der Waals surface area contributed by atoms with Gasteiger partial charge in [-0.15, -0.1) is 0 Å². The lowest BCUT2D eigenvalue weighted by atomic mass is 10.1. The largest absolute Gasteiger partial charge is 0.395 e. The van der Waals surface area contributed by atoms with E-state index in [1.165, 1.54) is 0 Å². The second-order valence-electron chi connectivity index (χ2n) is 3.67. The molecule has 1 N–H and O–H groups in total. The standard InChI is InChI=1S/C11H13BrO3/c12-11(6-13)7-14-10(15-8-11)9-4-2-1-3-5-9/h1-5,10,13H,6-8H2. The van der Waals surface area contributed by atoms with Crippen LogP contribution in [-0.4, -0.2) is 29.3 Å². The molecule has 0 atom stereocenters. The summed E-state index contributed by atoms with van der Waals surface area (Å²) < 4.78 is 10.6. The highest BCUT2D eigenvalue weighted by Gasteiger charge is 2.34. The molecule has 2 rings (SSSR count). The van der Waals surface area contributed by atoms with Crippen LogP contribution in [0.4, 0.5) is 0 Å². The second kappa shape index (κ2) is 4.61. The number of ether oxygens (including phenoxy) is 2. The van der Waals surface area contributed by atoms with Gasteiger partial charge in [0.15, 0.2) is 6.29 Å². The molecule has 0 amide bonds. The monoisotopic (exact) mass is 272 g/mol. The molecule has 0 aromatic heterocycles. The van der Waals surface area contributed by atoms with Crippen LogP contribution in [0.2, 0.25) is 0 Å². The molecule has 0 unspecified atom stereocenters. The van der Waals surface area contributed by atoms with Crippen LogP contribution in [-0.2, 0) is 9.47 Å². The molecule has 1 aromatic carbocycles. The first-order valence-electron chi connectivity index (χ1n) is 4.81. The van der Waals surface area contributed by atoms with Gasteiger partial charge in [-0.1, -0.05) is 46.3 Å². The van der Waals surface area contributed by atoms with Gasteiger partial charge in [-0.3, -0.25) is 0 Å². The van der Waals surface area contributed by atoms with Gasteiger partial charge in [-0.25, -0.2) is 0 Å². The van der Waals surface area contributed by atoms with Crippen LogP contribution >= 0.6 is 15.9 Å². The summed E-state index contributed by atoms with van der Waals surface area (Å²) in [6.45, 7) is 0.903. The van der Waals surface area contributed by atoms with Crippen molar-refractivity contribution in [1.29, 1.82) is 0 Å². The molecule has 0 radical (unpaired) electrons. The van der Waals surface area contributed by atoms with E-state index < -0.39 is 4.32 Å². The van der Waals surface area contributed by atoms with E-state index in [0.717, 1.165) is 5.56 Å². The number of rotatable bonds is 2. The highest BCUT2D eigenvalue weighted by atomic mass is 79.9. The van der Waals surface area contributed by atoms with Crippen molar-refractivity contribution in [3.8, 4) is 0 Å². The number of alkyl halides is 1. The SMILES string of the molecule is OCC1(Br)COC(c2ccccc2)OC1. The molecule has 1 aromatic rings. The van der Waals surface area contributed by atoms with E-state index in [1.54, 1.807) is 0 Å². The van der Waals surface area contributed by atoms with Crippen LogP contribution < -0.4 is 0 Å². The molecule has 0 saturated carbocycles. The molecule has 0 aliphatic carbocycles. The summed E-state index contributed by atoms with van der Waals surface area (Å²) in [5.41, 5.74) is 1.00. The van der Waals surface area contributed by atoms with Crippen molar-refractivity contribution in [2.24, 2.45) is 0 Å². The first kappa shape index (κ1) is 11.1. The van der Waals surface area contributed by atoms with Crippen LogP contribution in [0.1, 0.15) is 11.9 Å². The average Bonchev–Trinajstić information content (AvgIpc) is 2.31. The third kappa shape index (κ3) is 2.58. The van der Waals surface area contributed by atoms with Crippen LogP contribution in [0, 0.1) is 0 Å². The highest BCUT2D eigenvalue weighted by molar-refractivity contribution is 9.10. The van der Waals surface area contributed by atoms with Crippen molar-refractivity contribution in [3.63, 3.8) is 0 Å². The second-order valence-corrected chi connectivity index (χ2v) is 5.36. The highest BCUT2D eigenvalue weighted by Crippen LogP contribution is 2.31. The summed E-state index contributed by atoms with van der Waals surface area (Å²) in [4.78, 5) is 0. The van der Waals surface area contributed by atoms with E-state index in [1.807, 2.05) is 30.3 Å². The van der Waals surface area contributed by atoms with Crippen molar-refractivity contribution in [1.82, 2.24) is 0 Å². The Morgan fingerprint density at radius 3 is 2.40 bits per heavy atom. The fourth-order valence-corrected chi connectivity index (χ4v) is 1.70. The van der Waals surface area contributed by atoms with Gasteiger partial charge in [0, 0.05) is 5.56 Å². The maximum absolute atomic E-state index is 9.10. The maximum Gasteiger partial charge on any atom is 0.183 e. The molecule has 15 heavy (non-hydrogen) atoms. The summed E-state index contributed by atoms with van der Waals surface area (Å²) in [7, 11) is 0. The molecule has 3 nitrogen and oxygen atoms in total. The summed E-state index contributed by atoms with van der Waals surface area (Å²) in [5.74, 6) is 0. The Bertz CT molecular complexity index is 307. The predicted octanol–water partition coefficient (Wildman–Crippen LogP) is 1.86. The van der Waals surface area contributed by atoms with Gasteiger partial charge in [-0.05, 0) is 0 Å². The minimum atomic E-state index is -0.446. The molecule has 0 spiro atoms. The normalized spacial score (nSPS) is 31.5. The Morgan fingerprint density at radius 2 is 1.87 bits per heavy atom. The molecular formula is C11H13BrO3. The number of aliphatic hydroxyl groups is 1. The number of benzene rings is 1. The Kier molecular flexibility index (Phi) is 3.41. The zero-order valence-electron chi connectivity index (χ0n) is 8.23. The van der Waals surface area contributed by atoms with Crippen LogP contribution in [0.5, 0.6) is 0 Å². The van der Waals surface area contributed by atoms with E-state index >= 15 is 0 Å². The summed E-state index contributed by atoms with van der Waals surface area (Å²) in [6, 6.07) is 9.78. The maximum atomic E-state index is 9.10.